The smallest absolute Gasteiger partial charge is 0.282 e. The van der Waals surface area contributed by atoms with Gasteiger partial charge in [0.25, 0.3) is 10.2 Å². The number of phenolic OH excluding ortho intramolecular Hbond substituents is 1. The maximum Gasteiger partial charge on any atom is 0.282 e. The number of hydrogen-bond donors (Lipinski definition) is 1. The average molecular weight is 398 g/mol. The maximum atomic E-state index is 13.0. The van der Waals surface area contributed by atoms with Crippen molar-refractivity contribution in [3.05, 3.63) is 28.8 Å². The van der Waals surface area contributed by atoms with Crippen LogP contribution in [0.25, 0.3) is 0 Å². The lowest BCUT2D eigenvalue weighted by atomic mass is 10.0. The summed E-state index contributed by atoms with van der Waals surface area (Å²) in [6.45, 7) is 11.5. The molecule has 0 aromatic heterocycles. The molecule has 7 nitrogen and oxygen atoms in total. The Morgan fingerprint density at radius 1 is 1.00 bits per heavy atom. The number of ether oxygens (including phenoxy) is 1. The van der Waals surface area contributed by atoms with Gasteiger partial charge in [-0.1, -0.05) is 6.07 Å². The number of nitrogens with zero attached hydrogens (tertiary/aromatic N) is 3. The summed E-state index contributed by atoms with van der Waals surface area (Å²) in [7, 11) is -3.46. The second-order valence-electron chi connectivity index (χ2n) is 7.82. The minimum atomic E-state index is -3.46. The van der Waals surface area contributed by atoms with Gasteiger partial charge in [0.2, 0.25) is 0 Å². The number of phenols is 1. The summed E-state index contributed by atoms with van der Waals surface area (Å²) < 4.78 is 34.7. The Hall–Kier alpha value is -1.19. The van der Waals surface area contributed by atoms with E-state index in [0.717, 1.165) is 16.7 Å². The van der Waals surface area contributed by atoms with Crippen molar-refractivity contribution < 1.29 is 18.3 Å². The van der Waals surface area contributed by atoms with Gasteiger partial charge in [-0.3, -0.25) is 4.90 Å². The van der Waals surface area contributed by atoms with E-state index < -0.39 is 10.2 Å². The van der Waals surface area contributed by atoms with E-state index in [9.17, 15) is 13.5 Å². The molecule has 1 N–H and O–H groups in total. The molecule has 152 valence electrons. The molecule has 2 atom stereocenters. The van der Waals surface area contributed by atoms with Crippen LogP contribution in [0, 0.1) is 13.8 Å². The molecule has 2 heterocycles. The van der Waals surface area contributed by atoms with Gasteiger partial charge in [0.05, 0.1) is 12.2 Å². The van der Waals surface area contributed by atoms with E-state index in [2.05, 4.69) is 4.90 Å². The minimum Gasteiger partial charge on any atom is -0.508 e. The lowest BCUT2D eigenvalue weighted by Crippen LogP contribution is -2.57. The topological polar surface area (TPSA) is 73.3 Å². The molecule has 0 spiro atoms. The molecule has 0 amide bonds. The molecule has 1 aromatic rings. The van der Waals surface area contributed by atoms with Crippen LogP contribution in [0.15, 0.2) is 12.1 Å². The predicted molar refractivity (Wildman–Crippen MR) is 105 cm³/mol. The Kier molecular flexibility index (Phi) is 6.12. The second-order valence-corrected chi connectivity index (χ2v) is 9.75. The third-order valence-corrected chi connectivity index (χ3v) is 7.43. The molecule has 0 radical (unpaired) electrons. The zero-order valence-electron chi connectivity index (χ0n) is 16.7. The highest BCUT2D eigenvalue weighted by Crippen LogP contribution is 2.24. The highest BCUT2D eigenvalue weighted by molar-refractivity contribution is 7.86. The number of aryl methyl sites for hydroxylation is 2. The molecular weight excluding hydrogens is 366 g/mol. The Labute approximate surface area is 162 Å². The molecule has 27 heavy (non-hydrogen) atoms. The summed E-state index contributed by atoms with van der Waals surface area (Å²) in [6, 6.07) is 3.82. The molecule has 0 bridgehead atoms. The summed E-state index contributed by atoms with van der Waals surface area (Å²) >= 11 is 0. The van der Waals surface area contributed by atoms with Crippen molar-refractivity contribution >= 4 is 10.2 Å². The molecule has 3 rings (SSSR count). The average Bonchev–Trinajstić information content (AvgIpc) is 2.59. The van der Waals surface area contributed by atoms with E-state index in [1.54, 1.807) is 14.7 Å². The predicted octanol–water partition coefficient (Wildman–Crippen LogP) is 1.48. The summed E-state index contributed by atoms with van der Waals surface area (Å²) in [5.74, 6) is 0.310. The van der Waals surface area contributed by atoms with Crippen molar-refractivity contribution in [3.8, 4) is 5.75 Å². The molecule has 2 saturated heterocycles. The first kappa shape index (κ1) is 20.5. The highest BCUT2D eigenvalue weighted by atomic mass is 32.2. The Morgan fingerprint density at radius 3 is 2.15 bits per heavy atom. The number of benzene rings is 1. The van der Waals surface area contributed by atoms with Gasteiger partial charge in [0, 0.05) is 51.4 Å². The van der Waals surface area contributed by atoms with Crippen LogP contribution in [0.4, 0.5) is 0 Å². The van der Waals surface area contributed by atoms with E-state index in [1.807, 2.05) is 33.8 Å². The van der Waals surface area contributed by atoms with Crippen LogP contribution in [0.5, 0.6) is 5.75 Å². The first-order valence-corrected chi connectivity index (χ1v) is 11.0. The third-order valence-electron chi connectivity index (χ3n) is 5.46. The Bertz CT molecular complexity index is 765. The van der Waals surface area contributed by atoms with Gasteiger partial charge in [-0.2, -0.15) is 17.0 Å². The summed E-state index contributed by atoms with van der Waals surface area (Å²) in [5, 5.41) is 10.2. The van der Waals surface area contributed by atoms with Gasteiger partial charge >= 0.3 is 0 Å². The van der Waals surface area contributed by atoms with Gasteiger partial charge in [0.15, 0.2) is 0 Å². The normalized spacial score (nSPS) is 26.4. The van der Waals surface area contributed by atoms with E-state index in [0.29, 0.717) is 51.6 Å². The van der Waals surface area contributed by atoms with Crippen LogP contribution in [0.3, 0.4) is 0 Å². The molecule has 2 fully saturated rings. The van der Waals surface area contributed by atoms with Gasteiger partial charge in [-0.15, -0.1) is 0 Å². The number of hydrogen-bond acceptors (Lipinski definition) is 5. The lowest BCUT2D eigenvalue weighted by molar-refractivity contribution is -0.0457. The van der Waals surface area contributed by atoms with Crippen LogP contribution in [0.2, 0.25) is 0 Å². The van der Waals surface area contributed by atoms with Crippen LogP contribution >= 0.6 is 0 Å². The maximum absolute atomic E-state index is 13.0. The van der Waals surface area contributed by atoms with E-state index in [1.165, 1.54) is 0 Å². The molecule has 1 aromatic carbocycles. The van der Waals surface area contributed by atoms with Gasteiger partial charge < -0.3 is 9.84 Å². The lowest BCUT2D eigenvalue weighted by Gasteiger charge is -2.40. The molecule has 8 heteroatoms. The summed E-state index contributed by atoms with van der Waals surface area (Å²) in [4.78, 5) is 2.19. The summed E-state index contributed by atoms with van der Waals surface area (Å²) in [6.07, 6.45) is -0.171. The van der Waals surface area contributed by atoms with Crippen LogP contribution < -0.4 is 0 Å². The van der Waals surface area contributed by atoms with Crippen molar-refractivity contribution in [2.45, 2.75) is 46.4 Å². The molecule has 0 aliphatic carbocycles. The number of piperazine rings is 1. The van der Waals surface area contributed by atoms with Crippen molar-refractivity contribution in [3.63, 3.8) is 0 Å². The number of rotatable bonds is 4. The fourth-order valence-corrected chi connectivity index (χ4v) is 5.58. The van der Waals surface area contributed by atoms with E-state index >= 15 is 0 Å². The van der Waals surface area contributed by atoms with Crippen molar-refractivity contribution in [1.82, 2.24) is 13.5 Å². The fourth-order valence-electron chi connectivity index (χ4n) is 3.83. The fraction of sp³-hybridized carbons (Fsp3) is 0.684. The van der Waals surface area contributed by atoms with Crippen molar-refractivity contribution in [2.75, 3.05) is 39.3 Å². The number of morpholine rings is 1. The van der Waals surface area contributed by atoms with Crippen LogP contribution in [-0.4, -0.2) is 78.5 Å². The third kappa shape index (κ3) is 4.63. The van der Waals surface area contributed by atoms with Crippen molar-refractivity contribution in [2.24, 2.45) is 0 Å². The standard InChI is InChI=1S/C19H31N3O4S/c1-14-9-18(19(23)10-15(14)2)13-20-5-7-21(8-6-20)27(24,25)22-11-16(3)26-17(4)12-22/h9-10,16-17,23H,5-8,11-13H2,1-4H3. The highest BCUT2D eigenvalue weighted by Gasteiger charge is 2.36. The molecule has 2 aliphatic rings. The van der Waals surface area contributed by atoms with Crippen molar-refractivity contribution in [1.29, 1.82) is 0 Å². The molecule has 0 saturated carbocycles. The SMILES string of the molecule is Cc1cc(O)c(CN2CCN(S(=O)(=O)N3CC(C)OC(C)C3)CC2)cc1C. The Balaban J connectivity index is 1.61. The van der Waals surface area contributed by atoms with E-state index in [-0.39, 0.29) is 12.2 Å². The first-order valence-electron chi connectivity index (χ1n) is 9.59. The second kappa shape index (κ2) is 8.05. The van der Waals surface area contributed by atoms with Crippen LogP contribution in [-0.2, 0) is 21.5 Å². The monoisotopic (exact) mass is 397 g/mol. The number of aromatic hydroxyl groups is 1. The van der Waals surface area contributed by atoms with Gasteiger partial charge in [-0.25, -0.2) is 0 Å². The van der Waals surface area contributed by atoms with Gasteiger partial charge in [0.1, 0.15) is 5.75 Å². The zero-order chi connectivity index (χ0) is 19.8. The first-order chi connectivity index (χ1) is 12.7. The molecular formula is C19H31N3O4S. The molecule has 2 unspecified atom stereocenters. The quantitative estimate of drug-likeness (QED) is 0.833. The minimum absolute atomic E-state index is 0.0856. The van der Waals surface area contributed by atoms with Crippen LogP contribution in [0.1, 0.15) is 30.5 Å². The summed E-state index contributed by atoms with van der Waals surface area (Å²) in [5.41, 5.74) is 3.12. The van der Waals surface area contributed by atoms with E-state index in [4.69, 9.17) is 4.74 Å². The Morgan fingerprint density at radius 2 is 1.56 bits per heavy atom. The zero-order valence-corrected chi connectivity index (χ0v) is 17.5. The molecule has 2 aliphatic heterocycles. The largest absolute Gasteiger partial charge is 0.508 e. The van der Waals surface area contributed by atoms with Gasteiger partial charge in [-0.05, 0) is 44.9 Å².